The molecule has 1 amide bonds. The fourth-order valence-corrected chi connectivity index (χ4v) is 3.35. The number of benzene rings is 2. The molecule has 31 heavy (non-hydrogen) atoms. The van der Waals surface area contributed by atoms with E-state index in [1.807, 2.05) is 37.3 Å². The van der Waals surface area contributed by atoms with Crippen LogP contribution in [0.15, 0.2) is 48.5 Å². The summed E-state index contributed by atoms with van der Waals surface area (Å²) in [5.74, 6) is 0.790. The quantitative estimate of drug-likeness (QED) is 0.441. The van der Waals surface area contributed by atoms with E-state index in [4.69, 9.17) is 9.47 Å². The zero-order valence-electron chi connectivity index (χ0n) is 17.4. The van der Waals surface area contributed by atoms with Gasteiger partial charge in [0, 0.05) is 28.3 Å². The third-order valence-electron chi connectivity index (χ3n) is 5.04. The van der Waals surface area contributed by atoms with Crippen LogP contribution in [0, 0.1) is 6.92 Å². The largest absolute Gasteiger partial charge is 0.497 e. The number of H-pyrrole nitrogens is 1. The van der Waals surface area contributed by atoms with Crippen molar-refractivity contribution >= 4 is 22.6 Å². The van der Waals surface area contributed by atoms with Crippen molar-refractivity contribution in [2.45, 2.75) is 13.5 Å². The van der Waals surface area contributed by atoms with E-state index in [0.717, 1.165) is 22.2 Å². The second-order valence-corrected chi connectivity index (χ2v) is 7.01. The highest BCUT2D eigenvalue weighted by Crippen LogP contribution is 2.28. The summed E-state index contributed by atoms with van der Waals surface area (Å²) in [7, 11) is 3.07. The number of aliphatic hydroxyl groups excluding tert-OH is 1. The monoisotopic (exact) mass is 418 g/mol. The fraction of sp³-hybridized carbons (Fsp3) is 0.174. The number of rotatable bonds is 6. The molecule has 2 heterocycles. The van der Waals surface area contributed by atoms with Crippen molar-refractivity contribution in [2.24, 2.45) is 0 Å². The van der Waals surface area contributed by atoms with E-state index in [1.54, 1.807) is 18.2 Å². The van der Waals surface area contributed by atoms with Gasteiger partial charge in [0.2, 0.25) is 0 Å². The molecule has 0 aliphatic carbocycles. The van der Waals surface area contributed by atoms with Gasteiger partial charge in [-0.3, -0.25) is 9.89 Å². The van der Waals surface area contributed by atoms with Gasteiger partial charge in [-0.2, -0.15) is 5.10 Å². The van der Waals surface area contributed by atoms with Crippen LogP contribution in [-0.2, 0) is 6.61 Å². The van der Waals surface area contributed by atoms with Crippen molar-refractivity contribution in [1.82, 2.24) is 15.2 Å². The predicted octanol–water partition coefficient (Wildman–Crippen LogP) is 3.70. The van der Waals surface area contributed by atoms with Gasteiger partial charge in [-0.05, 0) is 48.9 Å². The molecular formula is C23H22N4O4. The summed E-state index contributed by atoms with van der Waals surface area (Å²) in [5, 5.41) is 20.0. The number of aromatic amines is 1. The Morgan fingerprint density at radius 2 is 1.81 bits per heavy atom. The Balaban J connectivity index is 1.65. The molecule has 8 heteroatoms. The molecular weight excluding hydrogens is 396 g/mol. The molecule has 0 atom stereocenters. The molecule has 4 aromatic rings. The number of ether oxygens (including phenoxy) is 2. The molecule has 2 aromatic carbocycles. The van der Waals surface area contributed by atoms with Crippen LogP contribution in [0.3, 0.4) is 0 Å². The van der Waals surface area contributed by atoms with Gasteiger partial charge in [-0.25, -0.2) is 4.98 Å². The average molecular weight is 418 g/mol. The minimum atomic E-state index is -0.281. The molecule has 8 nitrogen and oxygen atoms in total. The summed E-state index contributed by atoms with van der Waals surface area (Å²) < 4.78 is 10.5. The topological polar surface area (TPSA) is 109 Å². The lowest BCUT2D eigenvalue weighted by Crippen LogP contribution is -2.12. The molecule has 0 unspecified atom stereocenters. The van der Waals surface area contributed by atoms with Crippen LogP contribution >= 0.6 is 0 Å². The first-order valence-electron chi connectivity index (χ1n) is 9.62. The van der Waals surface area contributed by atoms with E-state index in [1.165, 1.54) is 14.2 Å². The first-order valence-corrected chi connectivity index (χ1v) is 9.62. The van der Waals surface area contributed by atoms with Crippen LogP contribution in [0.25, 0.3) is 22.3 Å². The zero-order valence-corrected chi connectivity index (χ0v) is 17.4. The molecule has 0 aliphatic rings. The number of aryl methyl sites for hydroxylation is 1. The normalized spacial score (nSPS) is 10.8. The Morgan fingerprint density at radius 1 is 1.06 bits per heavy atom. The van der Waals surface area contributed by atoms with Gasteiger partial charge >= 0.3 is 0 Å². The second kappa shape index (κ2) is 8.45. The van der Waals surface area contributed by atoms with Crippen molar-refractivity contribution in [1.29, 1.82) is 0 Å². The fourth-order valence-electron chi connectivity index (χ4n) is 3.35. The van der Waals surface area contributed by atoms with Crippen LogP contribution in [0.2, 0.25) is 0 Å². The lowest BCUT2D eigenvalue weighted by atomic mass is 10.0. The summed E-state index contributed by atoms with van der Waals surface area (Å²) in [6, 6.07) is 14.4. The number of aromatic nitrogens is 3. The first kappa shape index (κ1) is 20.4. The summed E-state index contributed by atoms with van der Waals surface area (Å²) in [4.78, 5) is 17.4. The van der Waals surface area contributed by atoms with E-state index >= 15 is 0 Å². The highest BCUT2D eigenvalue weighted by molar-refractivity contribution is 6.05. The number of fused-ring (bicyclic) bond motifs is 1. The van der Waals surface area contributed by atoms with Crippen LogP contribution in [0.4, 0.5) is 5.69 Å². The van der Waals surface area contributed by atoms with Gasteiger partial charge < -0.3 is 19.9 Å². The molecule has 0 fully saturated rings. The number of pyridine rings is 1. The third-order valence-corrected chi connectivity index (χ3v) is 5.04. The van der Waals surface area contributed by atoms with Crippen LogP contribution in [0.5, 0.6) is 11.5 Å². The molecule has 4 rings (SSSR count). The number of aliphatic hydroxyl groups is 1. The summed E-state index contributed by atoms with van der Waals surface area (Å²) in [5.41, 5.74) is 4.83. The van der Waals surface area contributed by atoms with Crippen molar-refractivity contribution in [3.8, 4) is 22.8 Å². The van der Waals surface area contributed by atoms with E-state index in [-0.39, 0.29) is 12.5 Å². The predicted molar refractivity (Wildman–Crippen MR) is 117 cm³/mol. The zero-order chi connectivity index (χ0) is 22.0. The van der Waals surface area contributed by atoms with Crippen LogP contribution < -0.4 is 14.8 Å². The lowest BCUT2D eigenvalue weighted by molar-refractivity contribution is 0.102. The smallest absolute Gasteiger partial charge is 0.255 e. The van der Waals surface area contributed by atoms with Gasteiger partial charge in [-0.1, -0.05) is 6.07 Å². The van der Waals surface area contributed by atoms with E-state index in [0.29, 0.717) is 34.1 Å². The molecule has 0 spiro atoms. The number of methoxy groups -OCH3 is 2. The number of hydrogen-bond donors (Lipinski definition) is 3. The Morgan fingerprint density at radius 3 is 2.48 bits per heavy atom. The van der Waals surface area contributed by atoms with Crippen molar-refractivity contribution in [3.05, 3.63) is 65.4 Å². The van der Waals surface area contributed by atoms with E-state index < -0.39 is 0 Å². The summed E-state index contributed by atoms with van der Waals surface area (Å²) >= 11 is 0. The van der Waals surface area contributed by atoms with Crippen LogP contribution in [0.1, 0.15) is 21.6 Å². The Kier molecular flexibility index (Phi) is 5.55. The molecule has 0 radical (unpaired) electrons. The maximum absolute atomic E-state index is 12.8. The Hall–Kier alpha value is -3.91. The number of anilines is 1. The van der Waals surface area contributed by atoms with Crippen molar-refractivity contribution in [2.75, 3.05) is 19.5 Å². The summed E-state index contributed by atoms with van der Waals surface area (Å²) in [6.07, 6.45) is 0. The number of nitrogens with zero attached hydrogens (tertiary/aromatic N) is 2. The van der Waals surface area contributed by atoms with Crippen molar-refractivity contribution in [3.63, 3.8) is 0 Å². The number of nitrogens with one attached hydrogen (secondary N) is 2. The van der Waals surface area contributed by atoms with Crippen molar-refractivity contribution < 1.29 is 19.4 Å². The molecule has 0 saturated carbocycles. The summed E-state index contributed by atoms with van der Waals surface area (Å²) in [6.45, 7) is 1.82. The van der Waals surface area contributed by atoms with E-state index in [9.17, 15) is 9.90 Å². The first-order chi connectivity index (χ1) is 15.0. The number of amides is 1. The van der Waals surface area contributed by atoms with Gasteiger partial charge in [0.25, 0.3) is 5.91 Å². The molecule has 0 bridgehead atoms. The maximum Gasteiger partial charge on any atom is 0.255 e. The Labute approximate surface area is 178 Å². The third kappa shape index (κ3) is 4.06. The average Bonchev–Trinajstić information content (AvgIpc) is 3.22. The molecule has 0 saturated heterocycles. The second-order valence-electron chi connectivity index (χ2n) is 7.01. The van der Waals surface area contributed by atoms with Crippen LogP contribution in [-0.4, -0.2) is 40.4 Å². The minimum Gasteiger partial charge on any atom is -0.497 e. The molecule has 2 aromatic heterocycles. The van der Waals surface area contributed by atoms with Gasteiger partial charge in [-0.15, -0.1) is 0 Å². The molecule has 158 valence electrons. The number of hydrogen-bond acceptors (Lipinski definition) is 6. The van der Waals surface area contributed by atoms with Gasteiger partial charge in [0.05, 0.1) is 32.2 Å². The van der Waals surface area contributed by atoms with Gasteiger partial charge in [0.1, 0.15) is 11.5 Å². The van der Waals surface area contributed by atoms with E-state index in [2.05, 4.69) is 20.5 Å². The molecule has 0 aliphatic heterocycles. The number of carbonyl (C=O) groups is 1. The standard InChI is InChI=1S/C23H22N4O4/c1-13-4-5-15(24-23(29)14-8-16(30-2)11-17(9-14)31-3)10-19(13)20-7-6-18-21(12-28)26-27-22(18)25-20/h4-11,28H,12H2,1-3H3,(H,24,29)(H,25,26,27). The SMILES string of the molecule is COc1cc(OC)cc(C(=O)Nc2ccc(C)c(-c3ccc4c(CO)n[nH]c4n3)c2)c1. The lowest BCUT2D eigenvalue weighted by Gasteiger charge is -2.12. The molecule has 3 N–H and O–H groups in total. The van der Waals surface area contributed by atoms with Gasteiger partial charge in [0.15, 0.2) is 5.65 Å². The Bertz CT molecular complexity index is 1240. The highest BCUT2D eigenvalue weighted by atomic mass is 16.5. The number of carbonyl (C=O) groups excluding carboxylic acids is 1. The minimum absolute atomic E-state index is 0.156. The highest BCUT2D eigenvalue weighted by Gasteiger charge is 2.13. The maximum atomic E-state index is 12.8.